The van der Waals surface area contributed by atoms with E-state index < -0.39 is 14.8 Å². The van der Waals surface area contributed by atoms with Crippen molar-refractivity contribution in [3.05, 3.63) is 81.8 Å². The van der Waals surface area contributed by atoms with Crippen molar-refractivity contribution in [2.24, 2.45) is 0 Å². The number of benzene rings is 2. The van der Waals surface area contributed by atoms with Gasteiger partial charge in [0.2, 0.25) is 9.84 Å². The molecule has 0 aliphatic carbocycles. The molecule has 122 valence electrons. The predicted octanol–water partition coefficient (Wildman–Crippen LogP) is 3.71. The first-order chi connectivity index (χ1) is 11.4. The molecule has 0 fully saturated rings. The van der Waals surface area contributed by atoms with Gasteiger partial charge in [0.1, 0.15) is 10.7 Å². The quantitative estimate of drug-likeness (QED) is 0.480. The van der Waals surface area contributed by atoms with Gasteiger partial charge in [-0.05, 0) is 6.07 Å². The van der Waals surface area contributed by atoms with E-state index in [1.54, 1.807) is 30.3 Å². The summed E-state index contributed by atoms with van der Waals surface area (Å²) in [5.41, 5.74) is 0.346. The molecule has 1 aliphatic rings. The van der Waals surface area contributed by atoms with Gasteiger partial charge in [-0.25, -0.2) is 8.42 Å². The highest BCUT2D eigenvalue weighted by Gasteiger charge is 2.34. The summed E-state index contributed by atoms with van der Waals surface area (Å²) >= 11 is 0. The van der Waals surface area contributed by atoms with Crippen molar-refractivity contribution in [1.29, 1.82) is 0 Å². The third-order valence-corrected chi connectivity index (χ3v) is 5.50. The monoisotopic (exact) mass is 343 g/mol. The third kappa shape index (κ3) is 2.59. The predicted molar refractivity (Wildman–Crippen MR) is 89.1 cm³/mol. The van der Waals surface area contributed by atoms with Crippen LogP contribution in [-0.4, -0.2) is 13.3 Å². The largest absolute Gasteiger partial charge is 0.454 e. The number of nitro groups is 1. The zero-order valence-electron chi connectivity index (χ0n) is 12.5. The highest BCUT2D eigenvalue weighted by molar-refractivity contribution is 7.95. The van der Waals surface area contributed by atoms with Gasteiger partial charge >= 0.3 is 0 Å². The Bertz CT molecular complexity index is 962. The number of fused-ring (bicyclic) bond motifs is 1. The number of allylic oxidation sites excluding steroid dienone is 2. The van der Waals surface area contributed by atoms with Gasteiger partial charge in [0.25, 0.3) is 5.69 Å². The molecule has 2 aromatic rings. The van der Waals surface area contributed by atoms with Crippen LogP contribution in [0.4, 0.5) is 5.69 Å². The summed E-state index contributed by atoms with van der Waals surface area (Å²) in [5.74, 6) is 0.124. The zero-order valence-corrected chi connectivity index (χ0v) is 13.3. The van der Waals surface area contributed by atoms with Gasteiger partial charge in [0.15, 0.2) is 5.75 Å². The van der Waals surface area contributed by atoms with Gasteiger partial charge in [-0.3, -0.25) is 10.1 Å². The second-order valence-corrected chi connectivity index (χ2v) is 7.04. The van der Waals surface area contributed by atoms with Crippen LogP contribution in [0, 0.1) is 10.1 Å². The van der Waals surface area contributed by atoms with Crippen molar-refractivity contribution in [2.75, 3.05) is 0 Å². The fourth-order valence-corrected chi connectivity index (χ4v) is 4.10. The summed E-state index contributed by atoms with van der Waals surface area (Å²) in [6, 6.07) is 12.2. The fraction of sp³-hybridized carbons (Fsp3) is 0.0588. The second-order valence-electron chi connectivity index (χ2n) is 5.10. The van der Waals surface area contributed by atoms with Crippen LogP contribution in [0.25, 0.3) is 5.76 Å². The van der Waals surface area contributed by atoms with Crippen LogP contribution in [0.2, 0.25) is 0 Å². The first-order valence-corrected chi connectivity index (χ1v) is 8.54. The van der Waals surface area contributed by atoms with Crippen molar-refractivity contribution >= 4 is 21.3 Å². The van der Waals surface area contributed by atoms with Crippen molar-refractivity contribution in [3.8, 4) is 5.75 Å². The van der Waals surface area contributed by atoms with Crippen molar-refractivity contribution in [1.82, 2.24) is 0 Å². The Morgan fingerprint density at radius 1 is 1.17 bits per heavy atom. The number of hydrogen-bond donors (Lipinski definition) is 0. The molecule has 0 bridgehead atoms. The lowest BCUT2D eigenvalue weighted by Gasteiger charge is -2.23. The van der Waals surface area contributed by atoms with E-state index in [1.165, 1.54) is 12.1 Å². The maximum atomic E-state index is 12.9. The highest BCUT2D eigenvalue weighted by Crippen LogP contribution is 2.42. The summed E-state index contributed by atoms with van der Waals surface area (Å²) in [7, 11) is -3.82. The van der Waals surface area contributed by atoms with E-state index in [4.69, 9.17) is 4.74 Å². The van der Waals surface area contributed by atoms with Crippen molar-refractivity contribution in [3.63, 3.8) is 0 Å². The molecule has 0 amide bonds. The van der Waals surface area contributed by atoms with E-state index in [-0.39, 0.29) is 33.4 Å². The minimum atomic E-state index is -3.82. The van der Waals surface area contributed by atoms with E-state index in [2.05, 4.69) is 6.58 Å². The number of ether oxygens (including phenoxy) is 1. The summed E-state index contributed by atoms with van der Waals surface area (Å²) < 4.78 is 31.6. The molecule has 0 radical (unpaired) electrons. The van der Waals surface area contributed by atoms with Crippen molar-refractivity contribution < 1.29 is 18.1 Å². The molecule has 3 rings (SSSR count). The maximum absolute atomic E-state index is 12.9. The van der Waals surface area contributed by atoms with Gasteiger partial charge < -0.3 is 4.74 Å². The Hall–Kier alpha value is -2.93. The Labute approximate surface area is 138 Å². The molecular weight excluding hydrogens is 330 g/mol. The first-order valence-electron chi connectivity index (χ1n) is 7.06. The highest BCUT2D eigenvalue weighted by atomic mass is 32.2. The zero-order chi connectivity index (χ0) is 17.3. The normalized spacial score (nSPS) is 15.3. The molecule has 7 heteroatoms. The standard InChI is InChI=1S/C17H13NO5S/c1-2-6-16-17(12-7-4-3-5-8-12)23-14-11-13(18(19)20)9-10-15(14)24(16,21)22/h2-5,7-11H,1,6H2. The lowest BCUT2D eigenvalue weighted by atomic mass is 10.1. The number of nitro benzene ring substituents is 1. The minimum Gasteiger partial charge on any atom is -0.454 e. The van der Waals surface area contributed by atoms with Crippen LogP contribution >= 0.6 is 0 Å². The Kier molecular flexibility index (Phi) is 3.94. The number of hydrogen-bond acceptors (Lipinski definition) is 5. The lowest BCUT2D eigenvalue weighted by molar-refractivity contribution is -0.385. The topological polar surface area (TPSA) is 86.5 Å². The van der Waals surface area contributed by atoms with E-state index in [9.17, 15) is 18.5 Å². The van der Waals surface area contributed by atoms with E-state index in [0.717, 1.165) is 12.1 Å². The fourth-order valence-electron chi connectivity index (χ4n) is 2.48. The molecule has 0 unspecified atom stereocenters. The second kappa shape index (κ2) is 5.93. The van der Waals surface area contributed by atoms with Gasteiger partial charge in [0.05, 0.1) is 15.9 Å². The van der Waals surface area contributed by atoms with Crippen LogP contribution in [0.1, 0.15) is 12.0 Å². The number of sulfone groups is 1. The Balaban J connectivity index is 2.26. The molecule has 0 N–H and O–H groups in total. The molecule has 1 heterocycles. The molecule has 6 nitrogen and oxygen atoms in total. The smallest absolute Gasteiger partial charge is 0.273 e. The van der Waals surface area contributed by atoms with Crippen LogP contribution in [0.3, 0.4) is 0 Å². The molecule has 0 saturated carbocycles. The molecule has 24 heavy (non-hydrogen) atoms. The summed E-state index contributed by atoms with van der Waals surface area (Å²) in [6.45, 7) is 3.60. The van der Waals surface area contributed by atoms with Crippen LogP contribution in [-0.2, 0) is 9.84 Å². The van der Waals surface area contributed by atoms with E-state index >= 15 is 0 Å². The number of rotatable bonds is 4. The lowest BCUT2D eigenvalue weighted by Crippen LogP contribution is -2.17. The molecule has 2 aromatic carbocycles. The van der Waals surface area contributed by atoms with Gasteiger partial charge in [-0.1, -0.05) is 36.4 Å². The third-order valence-electron chi connectivity index (χ3n) is 3.58. The van der Waals surface area contributed by atoms with Gasteiger partial charge in [-0.15, -0.1) is 6.58 Å². The average molecular weight is 343 g/mol. The first kappa shape index (κ1) is 15.9. The number of non-ortho nitro benzene ring substituents is 1. The van der Waals surface area contributed by atoms with Gasteiger partial charge in [-0.2, -0.15) is 0 Å². The molecular formula is C17H13NO5S. The molecule has 0 spiro atoms. The van der Waals surface area contributed by atoms with Crippen LogP contribution in [0.15, 0.2) is 71.0 Å². The summed E-state index contributed by atoms with van der Waals surface area (Å²) in [4.78, 5) is 10.4. The van der Waals surface area contributed by atoms with Gasteiger partial charge in [0, 0.05) is 18.1 Å². The van der Waals surface area contributed by atoms with Crippen molar-refractivity contribution in [2.45, 2.75) is 11.3 Å². The summed E-state index contributed by atoms with van der Waals surface area (Å²) in [6.07, 6.45) is 1.58. The summed E-state index contributed by atoms with van der Waals surface area (Å²) in [5, 5.41) is 10.9. The number of nitrogens with zero attached hydrogens (tertiary/aromatic N) is 1. The van der Waals surface area contributed by atoms with Crippen LogP contribution < -0.4 is 4.74 Å². The van der Waals surface area contributed by atoms with E-state index in [0.29, 0.717) is 5.56 Å². The Morgan fingerprint density at radius 2 is 1.88 bits per heavy atom. The van der Waals surface area contributed by atoms with Crippen LogP contribution in [0.5, 0.6) is 5.75 Å². The molecule has 1 aliphatic heterocycles. The maximum Gasteiger partial charge on any atom is 0.273 e. The Morgan fingerprint density at radius 3 is 2.50 bits per heavy atom. The average Bonchev–Trinajstić information content (AvgIpc) is 2.57. The minimum absolute atomic E-state index is 0.0455. The molecule has 0 atom stereocenters. The SMILES string of the molecule is C=CCC1=C(c2ccccc2)Oc2cc([N+](=O)[O-])ccc2S1(=O)=O. The van der Waals surface area contributed by atoms with E-state index in [1.807, 2.05) is 0 Å². The molecule has 0 saturated heterocycles. The molecule has 0 aromatic heterocycles.